The van der Waals surface area contributed by atoms with Crippen molar-refractivity contribution in [2.75, 3.05) is 14.1 Å². The standard InChI is InChI=1S/C33H37N3O7/c1-32(2,3)35-13-12-16-6-8-17(9-7-16)19-10-11-22(37)24-20(19)14-18-15-21-26(36(4)5)28(39)25(31(34)42)30(41)33(21,43)29(40)23(18)27(24)38/h6-13,18,21,26,35,37-38,41,43H,14-15H2,1-5H3,(H2,34,42)/b13-12-/t18-,21-,26-,33-/m1/s1. The average molecular weight is 588 g/mol. The van der Waals surface area contributed by atoms with Gasteiger partial charge in [0, 0.05) is 17.0 Å². The van der Waals surface area contributed by atoms with Crippen molar-refractivity contribution in [2.24, 2.45) is 17.6 Å². The zero-order valence-corrected chi connectivity index (χ0v) is 24.8. The number of aromatic hydroxyl groups is 1. The van der Waals surface area contributed by atoms with Crippen molar-refractivity contribution in [1.29, 1.82) is 0 Å². The second-order valence-corrected chi connectivity index (χ2v) is 12.8. The van der Waals surface area contributed by atoms with Crippen molar-refractivity contribution < 1.29 is 34.8 Å². The lowest BCUT2D eigenvalue weighted by molar-refractivity contribution is -0.153. The van der Waals surface area contributed by atoms with Gasteiger partial charge in [0.1, 0.15) is 22.8 Å². The van der Waals surface area contributed by atoms with Crippen LogP contribution < -0.4 is 11.1 Å². The fourth-order valence-electron chi connectivity index (χ4n) is 6.68. The molecule has 1 fully saturated rings. The number of hydrogen-bond acceptors (Lipinski definition) is 9. The van der Waals surface area contributed by atoms with E-state index in [1.54, 1.807) is 20.2 Å². The first-order chi connectivity index (χ1) is 20.1. The van der Waals surface area contributed by atoms with E-state index in [4.69, 9.17) is 5.73 Å². The predicted octanol–water partition coefficient (Wildman–Crippen LogP) is 2.99. The van der Waals surface area contributed by atoms with Gasteiger partial charge in [-0.3, -0.25) is 19.3 Å². The van der Waals surface area contributed by atoms with E-state index in [2.05, 4.69) is 26.1 Å². The van der Waals surface area contributed by atoms with E-state index in [1.165, 1.54) is 11.0 Å². The molecule has 1 amide bonds. The summed E-state index contributed by atoms with van der Waals surface area (Å²) in [5, 5.41) is 48.4. The van der Waals surface area contributed by atoms with Gasteiger partial charge < -0.3 is 31.5 Å². The van der Waals surface area contributed by atoms with Crippen LogP contribution in [0.5, 0.6) is 5.75 Å². The number of benzene rings is 2. The molecule has 3 aliphatic rings. The molecule has 10 nitrogen and oxygen atoms in total. The molecule has 1 saturated carbocycles. The highest BCUT2D eigenvalue weighted by Crippen LogP contribution is 2.53. The van der Waals surface area contributed by atoms with Gasteiger partial charge in [-0.25, -0.2) is 0 Å². The molecule has 5 rings (SSSR count). The Labute approximate surface area is 249 Å². The number of Topliss-reactive ketones (excluding diaryl/α,β-unsaturated/α-hetero) is 2. The number of nitrogens with one attached hydrogen (secondary N) is 1. The van der Waals surface area contributed by atoms with Crippen molar-refractivity contribution in [1.82, 2.24) is 10.2 Å². The summed E-state index contributed by atoms with van der Waals surface area (Å²) in [6.45, 7) is 6.19. The van der Waals surface area contributed by atoms with Crippen LogP contribution in [0.25, 0.3) is 23.0 Å². The van der Waals surface area contributed by atoms with E-state index in [9.17, 15) is 34.8 Å². The van der Waals surface area contributed by atoms with Crippen LogP contribution in [0.1, 0.15) is 43.9 Å². The second kappa shape index (κ2) is 10.4. The Kier molecular flexibility index (Phi) is 7.27. The summed E-state index contributed by atoms with van der Waals surface area (Å²) >= 11 is 0. The van der Waals surface area contributed by atoms with Crippen molar-refractivity contribution in [2.45, 2.75) is 50.8 Å². The third-order valence-electron chi connectivity index (χ3n) is 8.62. The zero-order chi connectivity index (χ0) is 31.6. The number of carbonyl (C=O) groups is 3. The molecule has 0 aromatic heterocycles. The lowest BCUT2D eigenvalue weighted by Crippen LogP contribution is -2.65. The lowest BCUT2D eigenvalue weighted by Gasteiger charge is -2.50. The number of nitrogens with zero attached hydrogens (tertiary/aromatic N) is 1. The SMILES string of the molecule is CN(C)[C@H]1C(=O)C(C(N)=O)=C(O)[C@]2(O)C(=O)C3=C(O)c4c(O)ccc(-c5ccc(/C=C\NC(C)(C)C)cc5)c4C[C@@H]3C[C@H]12. The monoisotopic (exact) mass is 587 g/mol. The Balaban J connectivity index is 1.61. The summed E-state index contributed by atoms with van der Waals surface area (Å²) in [5.41, 5.74) is 4.87. The minimum absolute atomic E-state index is 0.0331. The average Bonchev–Trinajstić information content (AvgIpc) is 2.90. The molecule has 3 aliphatic carbocycles. The third-order valence-corrected chi connectivity index (χ3v) is 8.62. The Morgan fingerprint density at radius 3 is 2.30 bits per heavy atom. The number of phenolic OH excluding ortho intramolecular Hbond substituents is 1. The number of rotatable bonds is 5. The number of likely N-dealkylation sites (N-methyl/N-ethyl adjacent to an activating group) is 1. The van der Waals surface area contributed by atoms with Crippen molar-refractivity contribution in [3.63, 3.8) is 0 Å². The molecule has 7 N–H and O–H groups in total. The van der Waals surface area contributed by atoms with Crippen LogP contribution in [0, 0.1) is 11.8 Å². The summed E-state index contributed by atoms with van der Waals surface area (Å²) in [7, 11) is 3.14. The van der Waals surface area contributed by atoms with Crippen LogP contribution >= 0.6 is 0 Å². The van der Waals surface area contributed by atoms with E-state index in [0.717, 1.165) is 16.7 Å². The number of amides is 1. The summed E-state index contributed by atoms with van der Waals surface area (Å²) in [5.74, 6) is -6.71. The number of nitrogens with two attached hydrogens (primary N) is 1. The van der Waals surface area contributed by atoms with E-state index >= 15 is 0 Å². The number of aliphatic hydroxyl groups excluding tert-OH is 2. The van der Waals surface area contributed by atoms with E-state index in [1.807, 2.05) is 36.5 Å². The molecular weight excluding hydrogens is 550 g/mol. The van der Waals surface area contributed by atoms with Crippen molar-refractivity contribution >= 4 is 29.3 Å². The van der Waals surface area contributed by atoms with Crippen LogP contribution in [0.4, 0.5) is 0 Å². The molecule has 0 spiro atoms. The Hall–Kier alpha value is -4.41. The van der Waals surface area contributed by atoms with Gasteiger partial charge in [0.15, 0.2) is 11.4 Å². The fraction of sp³-hybridized carbons (Fsp3) is 0.364. The first-order valence-corrected chi connectivity index (χ1v) is 14.1. The number of phenols is 1. The molecule has 0 bridgehead atoms. The van der Waals surface area contributed by atoms with Crippen molar-refractivity contribution in [3.05, 3.63) is 76.2 Å². The first-order valence-electron chi connectivity index (χ1n) is 14.1. The van der Waals surface area contributed by atoms with Gasteiger partial charge in [-0.05, 0) is 94.2 Å². The number of primary amides is 1. The first kappa shape index (κ1) is 30.1. The molecule has 10 heteroatoms. The van der Waals surface area contributed by atoms with Gasteiger partial charge in [0.25, 0.3) is 5.91 Å². The normalized spacial score (nSPS) is 25.6. The topological polar surface area (TPSA) is 173 Å². The Morgan fingerprint density at radius 1 is 1.07 bits per heavy atom. The van der Waals surface area contributed by atoms with Crippen LogP contribution in [-0.4, -0.2) is 74.1 Å². The molecule has 4 atom stereocenters. The van der Waals surface area contributed by atoms with Crippen molar-refractivity contribution in [3.8, 4) is 16.9 Å². The molecule has 0 radical (unpaired) electrons. The molecule has 0 unspecified atom stereocenters. The van der Waals surface area contributed by atoms with E-state index in [0.29, 0.717) is 5.56 Å². The highest BCUT2D eigenvalue weighted by atomic mass is 16.3. The van der Waals surface area contributed by atoms with Crippen LogP contribution in [0.3, 0.4) is 0 Å². The molecular formula is C33H37N3O7. The highest BCUT2D eigenvalue weighted by molar-refractivity contribution is 6.24. The third kappa shape index (κ3) is 4.80. The predicted molar refractivity (Wildman–Crippen MR) is 162 cm³/mol. The number of carbonyl (C=O) groups excluding carboxylic acids is 3. The Bertz CT molecular complexity index is 1630. The molecule has 43 heavy (non-hydrogen) atoms. The van der Waals surface area contributed by atoms with Gasteiger partial charge >= 0.3 is 0 Å². The fourth-order valence-corrected chi connectivity index (χ4v) is 6.68. The minimum atomic E-state index is -2.66. The summed E-state index contributed by atoms with van der Waals surface area (Å²) in [6, 6.07) is 9.81. The van der Waals surface area contributed by atoms with Gasteiger partial charge in [-0.2, -0.15) is 0 Å². The highest BCUT2D eigenvalue weighted by Gasteiger charge is 2.64. The quantitative estimate of drug-likeness (QED) is 0.288. The van der Waals surface area contributed by atoms with Crippen LogP contribution in [-0.2, 0) is 20.8 Å². The molecule has 2 aromatic carbocycles. The summed E-state index contributed by atoms with van der Waals surface area (Å²) in [6.07, 6.45) is 4.09. The van der Waals surface area contributed by atoms with Gasteiger partial charge in [0.05, 0.1) is 11.6 Å². The summed E-state index contributed by atoms with van der Waals surface area (Å²) < 4.78 is 0. The smallest absolute Gasteiger partial charge is 0.255 e. The second-order valence-electron chi connectivity index (χ2n) is 12.8. The largest absolute Gasteiger partial charge is 0.508 e. The molecule has 226 valence electrons. The number of ketones is 2. The van der Waals surface area contributed by atoms with Crippen LogP contribution in [0.2, 0.25) is 0 Å². The number of aliphatic hydroxyl groups is 3. The zero-order valence-electron chi connectivity index (χ0n) is 24.8. The van der Waals surface area contributed by atoms with Gasteiger partial charge in [0.2, 0.25) is 5.78 Å². The molecule has 0 heterocycles. The van der Waals surface area contributed by atoms with Gasteiger partial charge in [-0.1, -0.05) is 30.3 Å². The minimum Gasteiger partial charge on any atom is -0.508 e. The van der Waals surface area contributed by atoms with E-state index < -0.39 is 58.0 Å². The maximum absolute atomic E-state index is 14.0. The molecule has 0 saturated heterocycles. The number of fused-ring (bicyclic) bond motifs is 3. The lowest BCUT2D eigenvalue weighted by atomic mass is 9.57. The van der Waals surface area contributed by atoms with Gasteiger partial charge in [-0.15, -0.1) is 0 Å². The Morgan fingerprint density at radius 2 is 1.72 bits per heavy atom. The summed E-state index contributed by atoms with van der Waals surface area (Å²) in [4.78, 5) is 40.9. The number of hydrogen-bond donors (Lipinski definition) is 6. The molecule has 2 aromatic rings. The van der Waals surface area contributed by atoms with E-state index in [-0.39, 0.29) is 35.3 Å². The maximum Gasteiger partial charge on any atom is 0.255 e. The maximum atomic E-state index is 14.0. The van der Waals surface area contributed by atoms with Crippen LogP contribution in [0.15, 0.2) is 59.5 Å². The molecule has 0 aliphatic heterocycles.